The average molecular weight is 237 g/mol. The van der Waals surface area contributed by atoms with E-state index in [1.165, 1.54) is 6.20 Å². The summed E-state index contributed by atoms with van der Waals surface area (Å²) >= 11 is 0. The Morgan fingerprint density at radius 1 is 1.18 bits per heavy atom. The Balaban J connectivity index is 2.29. The Morgan fingerprint density at radius 2 is 1.71 bits per heavy atom. The molecule has 2 heterocycles. The SMILES string of the molecule is Cc1cc(B2OC(C)(C)C(C)(C)O2)cnc1F. The van der Waals surface area contributed by atoms with Crippen molar-refractivity contribution < 1.29 is 13.7 Å². The van der Waals surface area contributed by atoms with E-state index in [-0.39, 0.29) is 11.2 Å². The summed E-state index contributed by atoms with van der Waals surface area (Å²) in [5, 5.41) is 0. The number of aryl methyl sites for hydroxylation is 1. The van der Waals surface area contributed by atoms with Gasteiger partial charge in [0.1, 0.15) is 0 Å². The van der Waals surface area contributed by atoms with Crippen molar-refractivity contribution >= 4 is 12.6 Å². The monoisotopic (exact) mass is 237 g/mol. The molecule has 0 N–H and O–H groups in total. The lowest BCUT2D eigenvalue weighted by Crippen LogP contribution is -2.41. The highest BCUT2D eigenvalue weighted by atomic mass is 19.1. The molecule has 2 rings (SSSR count). The zero-order chi connectivity index (χ0) is 12.8. The van der Waals surface area contributed by atoms with E-state index in [2.05, 4.69) is 4.98 Å². The van der Waals surface area contributed by atoms with Crippen LogP contribution in [-0.4, -0.2) is 23.3 Å². The number of halogens is 1. The summed E-state index contributed by atoms with van der Waals surface area (Å²) in [7, 11) is -0.480. The predicted octanol–water partition coefficient (Wildman–Crippen LogP) is 1.83. The number of nitrogens with zero attached hydrogens (tertiary/aromatic N) is 1. The summed E-state index contributed by atoms with van der Waals surface area (Å²) in [4.78, 5) is 3.69. The van der Waals surface area contributed by atoms with Crippen LogP contribution in [0.15, 0.2) is 12.3 Å². The maximum absolute atomic E-state index is 13.1. The molecule has 0 aliphatic carbocycles. The Labute approximate surface area is 101 Å². The van der Waals surface area contributed by atoms with E-state index >= 15 is 0 Å². The second kappa shape index (κ2) is 3.78. The average Bonchev–Trinajstić information content (AvgIpc) is 2.41. The van der Waals surface area contributed by atoms with Crippen LogP contribution in [0.1, 0.15) is 33.3 Å². The van der Waals surface area contributed by atoms with Crippen molar-refractivity contribution in [3.05, 3.63) is 23.8 Å². The number of hydrogen-bond acceptors (Lipinski definition) is 3. The van der Waals surface area contributed by atoms with Crippen LogP contribution in [0.25, 0.3) is 0 Å². The van der Waals surface area contributed by atoms with E-state index in [9.17, 15) is 4.39 Å². The molecular formula is C12H17BFNO2. The largest absolute Gasteiger partial charge is 0.496 e. The lowest BCUT2D eigenvalue weighted by atomic mass is 9.80. The van der Waals surface area contributed by atoms with Crippen molar-refractivity contribution in [1.29, 1.82) is 0 Å². The molecule has 1 saturated heterocycles. The van der Waals surface area contributed by atoms with Gasteiger partial charge < -0.3 is 9.31 Å². The van der Waals surface area contributed by atoms with Gasteiger partial charge in [0.2, 0.25) is 5.95 Å². The molecule has 1 aliphatic heterocycles. The van der Waals surface area contributed by atoms with Crippen LogP contribution in [0.2, 0.25) is 0 Å². The molecule has 92 valence electrons. The van der Waals surface area contributed by atoms with Gasteiger partial charge in [0.25, 0.3) is 0 Å². The van der Waals surface area contributed by atoms with Gasteiger partial charge in [0.15, 0.2) is 0 Å². The lowest BCUT2D eigenvalue weighted by molar-refractivity contribution is 0.00578. The zero-order valence-corrected chi connectivity index (χ0v) is 10.9. The summed E-state index contributed by atoms with van der Waals surface area (Å²) in [6.45, 7) is 9.61. The summed E-state index contributed by atoms with van der Waals surface area (Å²) in [5.74, 6) is -0.453. The van der Waals surface area contributed by atoms with Crippen molar-refractivity contribution in [2.45, 2.75) is 45.8 Å². The molecule has 0 saturated carbocycles. The molecule has 5 heteroatoms. The van der Waals surface area contributed by atoms with E-state index in [4.69, 9.17) is 9.31 Å². The highest BCUT2D eigenvalue weighted by Gasteiger charge is 2.51. The van der Waals surface area contributed by atoms with Crippen LogP contribution in [0, 0.1) is 12.9 Å². The Kier molecular flexibility index (Phi) is 2.79. The van der Waals surface area contributed by atoms with Gasteiger partial charge >= 0.3 is 7.12 Å². The van der Waals surface area contributed by atoms with Crippen LogP contribution in [0.3, 0.4) is 0 Å². The summed E-state index contributed by atoms with van der Waals surface area (Å²) in [5.41, 5.74) is 0.472. The van der Waals surface area contributed by atoms with Crippen LogP contribution < -0.4 is 5.46 Å². The van der Waals surface area contributed by atoms with Crippen LogP contribution >= 0.6 is 0 Å². The number of rotatable bonds is 1. The molecule has 1 aromatic heterocycles. The topological polar surface area (TPSA) is 31.4 Å². The fraction of sp³-hybridized carbons (Fsp3) is 0.583. The molecular weight excluding hydrogens is 220 g/mol. The van der Waals surface area contributed by atoms with Crippen molar-refractivity contribution in [2.24, 2.45) is 0 Å². The van der Waals surface area contributed by atoms with Crippen LogP contribution in [0.5, 0.6) is 0 Å². The first-order valence-electron chi connectivity index (χ1n) is 5.71. The van der Waals surface area contributed by atoms with Gasteiger partial charge in [-0.1, -0.05) is 6.07 Å². The third-order valence-corrected chi connectivity index (χ3v) is 3.56. The van der Waals surface area contributed by atoms with E-state index < -0.39 is 13.1 Å². The maximum atomic E-state index is 13.1. The third-order valence-electron chi connectivity index (χ3n) is 3.56. The molecule has 0 radical (unpaired) electrons. The molecule has 3 nitrogen and oxygen atoms in total. The van der Waals surface area contributed by atoms with Gasteiger partial charge in [0, 0.05) is 17.2 Å². The first-order chi connectivity index (χ1) is 7.73. The van der Waals surface area contributed by atoms with Crippen molar-refractivity contribution in [3.8, 4) is 0 Å². The maximum Gasteiger partial charge on any atom is 0.496 e. The molecule has 1 aromatic rings. The first kappa shape index (κ1) is 12.5. The Bertz CT molecular complexity index is 432. The molecule has 0 unspecified atom stereocenters. The van der Waals surface area contributed by atoms with Crippen molar-refractivity contribution in [1.82, 2.24) is 4.98 Å². The molecule has 1 aliphatic rings. The molecule has 0 aromatic carbocycles. The highest BCUT2D eigenvalue weighted by Crippen LogP contribution is 2.36. The van der Waals surface area contributed by atoms with Gasteiger partial charge in [-0.3, -0.25) is 0 Å². The lowest BCUT2D eigenvalue weighted by Gasteiger charge is -2.32. The summed E-state index contributed by atoms with van der Waals surface area (Å²) in [6.07, 6.45) is 1.46. The molecule has 0 spiro atoms. The minimum atomic E-state index is -0.480. The fourth-order valence-corrected chi connectivity index (χ4v) is 1.69. The third kappa shape index (κ3) is 2.09. The molecule has 0 atom stereocenters. The predicted molar refractivity (Wildman–Crippen MR) is 64.6 cm³/mol. The number of hydrogen-bond donors (Lipinski definition) is 0. The standard InChI is InChI=1S/C12H17BFNO2/c1-8-6-9(7-15-10(8)14)13-16-11(2,3)12(4,5)17-13/h6-7H,1-5H3. The van der Waals surface area contributed by atoms with Gasteiger partial charge in [-0.25, -0.2) is 4.98 Å². The van der Waals surface area contributed by atoms with E-state index in [1.807, 2.05) is 27.7 Å². The van der Waals surface area contributed by atoms with Crippen LogP contribution in [-0.2, 0) is 9.31 Å². The summed E-state index contributed by atoms with van der Waals surface area (Å²) < 4.78 is 24.8. The molecule has 1 fully saturated rings. The second-order valence-corrected chi connectivity index (χ2v) is 5.46. The highest BCUT2D eigenvalue weighted by molar-refractivity contribution is 6.62. The quantitative estimate of drug-likeness (QED) is 0.551. The molecule has 0 amide bonds. The number of pyridine rings is 1. The molecule has 17 heavy (non-hydrogen) atoms. The Morgan fingerprint density at radius 3 is 2.18 bits per heavy atom. The van der Waals surface area contributed by atoms with Gasteiger partial charge in [0.05, 0.1) is 11.2 Å². The van der Waals surface area contributed by atoms with E-state index in [0.717, 1.165) is 5.46 Å². The van der Waals surface area contributed by atoms with Crippen molar-refractivity contribution in [3.63, 3.8) is 0 Å². The van der Waals surface area contributed by atoms with Crippen molar-refractivity contribution in [2.75, 3.05) is 0 Å². The minimum Gasteiger partial charge on any atom is -0.399 e. The Hall–Kier alpha value is -0.935. The summed E-state index contributed by atoms with van der Waals surface area (Å²) in [6, 6.07) is 1.71. The number of aromatic nitrogens is 1. The van der Waals surface area contributed by atoms with Gasteiger partial charge in [-0.05, 0) is 34.6 Å². The molecule has 0 bridgehead atoms. The van der Waals surface area contributed by atoms with Crippen LogP contribution in [0.4, 0.5) is 4.39 Å². The van der Waals surface area contributed by atoms with Gasteiger partial charge in [-0.15, -0.1) is 0 Å². The normalized spacial score (nSPS) is 21.9. The second-order valence-electron chi connectivity index (χ2n) is 5.46. The smallest absolute Gasteiger partial charge is 0.399 e. The van der Waals surface area contributed by atoms with Gasteiger partial charge in [-0.2, -0.15) is 4.39 Å². The minimum absolute atomic E-state index is 0.389. The zero-order valence-electron chi connectivity index (χ0n) is 10.9. The first-order valence-corrected chi connectivity index (χ1v) is 5.71. The van der Waals surface area contributed by atoms with E-state index in [1.54, 1.807) is 13.0 Å². The van der Waals surface area contributed by atoms with E-state index in [0.29, 0.717) is 5.56 Å². The fourth-order valence-electron chi connectivity index (χ4n) is 1.69.